The molecule has 0 atom stereocenters. The summed E-state index contributed by atoms with van der Waals surface area (Å²) >= 11 is 7.68. The number of thiophene rings is 1. The Balaban J connectivity index is 1.99. The Morgan fingerprint density at radius 3 is 3.11 bits per heavy atom. The van der Waals surface area contributed by atoms with Crippen LogP contribution in [0.5, 0.6) is 0 Å². The lowest BCUT2D eigenvalue weighted by atomic mass is 10.1. The molecule has 0 bridgehead atoms. The second-order valence-electron chi connectivity index (χ2n) is 3.80. The third-order valence-electron chi connectivity index (χ3n) is 2.55. The van der Waals surface area contributed by atoms with Crippen molar-refractivity contribution < 1.29 is 9.53 Å². The molecular weight excluding hydrogens is 270 g/mol. The number of amides is 1. The average molecular weight is 284 g/mol. The van der Waals surface area contributed by atoms with Crippen LogP contribution in [-0.4, -0.2) is 19.2 Å². The van der Waals surface area contributed by atoms with Gasteiger partial charge in [-0.2, -0.15) is 0 Å². The van der Waals surface area contributed by atoms with E-state index in [1.807, 2.05) is 18.2 Å². The number of halogens is 1. The molecule has 1 heterocycles. The van der Waals surface area contributed by atoms with Crippen LogP contribution in [0.25, 0.3) is 10.1 Å². The van der Waals surface area contributed by atoms with Gasteiger partial charge in [0.25, 0.3) is 0 Å². The molecule has 1 N–H and O–H groups in total. The maximum atomic E-state index is 11.1. The second kappa shape index (κ2) is 6.07. The van der Waals surface area contributed by atoms with E-state index in [1.54, 1.807) is 18.3 Å². The first-order chi connectivity index (χ1) is 8.70. The van der Waals surface area contributed by atoms with E-state index >= 15 is 0 Å². The molecule has 96 valence electrons. The van der Waals surface area contributed by atoms with Gasteiger partial charge in [-0.15, -0.1) is 11.3 Å². The molecule has 5 heteroatoms. The Morgan fingerprint density at radius 2 is 2.33 bits per heavy atom. The summed E-state index contributed by atoms with van der Waals surface area (Å²) in [7, 11) is 0. The topological polar surface area (TPSA) is 38.3 Å². The van der Waals surface area contributed by atoms with Crippen molar-refractivity contribution in [1.29, 1.82) is 0 Å². The van der Waals surface area contributed by atoms with Gasteiger partial charge >= 0.3 is 6.09 Å². The fourth-order valence-electron chi connectivity index (χ4n) is 1.73. The van der Waals surface area contributed by atoms with Crippen molar-refractivity contribution >= 4 is 39.1 Å². The molecular formula is C13H14ClNO2S. The number of hydrogen-bond acceptors (Lipinski definition) is 3. The van der Waals surface area contributed by atoms with Crippen molar-refractivity contribution in [1.82, 2.24) is 5.32 Å². The van der Waals surface area contributed by atoms with Crippen molar-refractivity contribution in [2.45, 2.75) is 13.3 Å². The van der Waals surface area contributed by atoms with Crippen molar-refractivity contribution in [2.75, 3.05) is 13.2 Å². The van der Waals surface area contributed by atoms with Crippen LogP contribution in [0.15, 0.2) is 23.6 Å². The first-order valence-electron chi connectivity index (χ1n) is 5.77. The van der Waals surface area contributed by atoms with Crippen LogP contribution < -0.4 is 5.32 Å². The maximum absolute atomic E-state index is 11.1. The van der Waals surface area contributed by atoms with Gasteiger partial charge in [0, 0.05) is 16.3 Å². The van der Waals surface area contributed by atoms with Gasteiger partial charge in [-0.1, -0.05) is 11.6 Å². The molecule has 0 spiro atoms. The van der Waals surface area contributed by atoms with E-state index in [0.29, 0.717) is 13.2 Å². The molecule has 0 unspecified atom stereocenters. The van der Waals surface area contributed by atoms with E-state index in [4.69, 9.17) is 16.3 Å². The molecule has 0 aliphatic heterocycles. The highest BCUT2D eigenvalue weighted by molar-refractivity contribution is 7.17. The minimum atomic E-state index is -0.366. The summed E-state index contributed by atoms with van der Waals surface area (Å²) in [6.45, 7) is 2.74. The Kier molecular flexibility index (Phi) is 4.44. The van der Waals surface area contributed by atoms with E-state index in [2.05, 4.69) is 10.7 Å². The summed E-state index contributed by atoms with van der Waals surface area (Å²) in [4.78, 5) is 11.1. The third-order valence-corrected chi connectivity index (χ3v) is 3.80. The van der Waals surface area contributed by atoms with Crippen LogP contribution in [0, 0.1) is 0 Å². The monoisotopic (exact) mass is 283 g/mol. The number of fused-ring (bicyclic) bond motifs is 1. The SMILES string of the molecule is CCOC(=O)NCCc1csc2ccc(Cl)cc12. The molecule has 0 aliphatic carbocycles. The third kappa shape index (κ3) is 3.15. The lowest BCUT2D eigenvalue weighted by Crippen LogP contribution is -2.26. The van der Waals surface area contributed by atoms with Crippen LogP contribution in [0.2, 0.25) is 5.02 Å². The molecule has 2 rings (SSSR count). The van der Waals surface area contributed by atoms with Crippen molar-refractivity contribution in [3.05, 3.63) is 34.2 Å². The molecule has 0 saturated heterocycles. The van der Waals surface area contributed by atoms with Crippen LogP contribution >= 0.6 is 22.9 Å². The zero-order chi connectivity index (χ0) is 13.0. The molecule has 1 aromatic carbocycles. The Bertz CT molecular complexity index is 553. The van der Waals surface area contributed by atoms with Crippen LogP contribution in [0.1, 0.15) is 12.5 Å². The van der Waals surface area contributed by atoms with E-state index in [0.717, 1.165) is 16.8 Å². The Morgan fingerprint density at radius 1 is 1.50 bits per heavy atom. The van der Waals surface area contributed by atoms with Crippen molar-refractivity contribution in [3.63, 3.8) is 0 Å². The lowest BCUT2D eigenvalue weighted by molar-refractivity contribution is 0.152. The minimum Gasteiger partial charge on any atom is -0.450 e. The molecule has 0 radical (unpaired) electrons. The molecule has 0 aliphatic rings. The number of rotatable bonds is 4. The predicted octanol–water partition coefficient (Wildman–Crippen LogP) is 3.84. The molecule has 3 nitrogen and oxygen atoms in total. The fraction of sp³-hybridized carbons (Fsp3) is 0.308. The van der Waals surface area contributed by atoms with Gasteiger partial charge in [0.1, 0.15) is 0 Å². The number of ether oxygens (including phenoxy) is 1. The van der Waals surface area contributed by atoms with Gasteiger partial charge in [0.15, 0.2) is 0 Å². The number of carbonyl (C=O) groups is 1. The summed E-state index contributed by atoms with van der Waals surface area (Å²) in [5, 5.41) is 6.72. The number of hydrogen-bond donors (Lipinski definition) is 1. The molecule has 0 saturated carbocycles. The Hall–Kier alpha value is -1.26. The normalized spacial score (nSPS) is 10.6. The standard InChI is InChI=1S/C13H14ClNO2S/c1-2-17-13(16)15-6-5-9-8-18-12-4-3-10(14)7-11(9)12/h3-4,7-8H,2,5-6H2,1H3,(H,15,16). The van der Waals surface area contributed by atoms with Gasteiger partial charge in [0.2, 0.25) is 0 Å². The quantitative estimate of drug-likeness (QED) is 0.926. The summed E-state index contributed by atoms with van der Waals surface area (Å²) < 4.78 is 6.01. The Labute approximate surface area is 115 Å². The molecule has 1 amide bonds. The highest BCUT2D eigenvalue weighted by Gasteiger charge is 2.06. The first-order valence-corrected chi connectivity index (χ1v) is 7.02. The smallest absolute Gasteiger partial charge is 0.407 e. The van der Waals surface area contributed by atoms with E-state index in [1.165, 1.54) is 10.3 Å². The predicted molar refractivity (Wildman–Crippen MR) is 75.6 cm³/mol. The van der Waals surface area contributed by atoms with Crippen LogP contribution in [-0.2, 0) is 11.2 Å². The van der Waals surface area contributed by atoms with Gasteiger partial charge < -0.3 is 10.1 Å². The largest absolute Gasteiger partial charge is 0.450 e. The van der Waals surface area contributed by atoms with Crippen LogP contribution in [0.4, 0.5) is 4.79 Å². The maximum Gasteiger partial charge on any atom is 0.407 e. The number of nitrogens with one attached hydrogen (secondary N) is 1. The van der Waals surface area contributed by atoms with E-state index in [-0.39, 0.29) is 6.09 Å². The van der Waals surface area contributed by atoms with E-state index < -0.39 is 0 Å². The lowest BCUT2D eigenvalue weighted by Gasteiger charge is -2.04. The van der Waals surface area contributed by atoms with Crippen molar-refractivity contribution in [3.8, 4) is 0 Å². The van der Waals surface area contributed by atoms with Crippen LogP contribution in [0.3, 0.4) is 0 Å². The van der Waals surface area contributed by atoms with Crippen molar-refractivity contribution in [2.24, 2.45) is 0 Å². The molecule has 1 aromatic heterocycles. The van der Waals surface area contributed by atoms with E-state index in [9.17, 15) is 4.79 Å². The summed E-state index contributed by atoms with van der Waals surface area (Å²) in [6.07, 6.45) is 0.411. The minimum absolute atomic E-state index is 0.366. The molecule has 18 heavy (non-hydrogen) atoms. The van der Waals surface area contributed by atoms with Gasteiger partial charge in [-0.3, -0.25) is 0 Å². The summed E-state index contributed by atoms with van der Waals surface area (Å²) in [5.41, 5.74) is 1.20. The number of carbonyl (C=O) groups excluding carboxylic acids is 1. The molecule has 2 aromatic rings. The highest BCUT2D eigenvalue weighted by Crippen LogP contribution is 2.28. The summed E-state index contributed by atoms with van der Waals surface area (Å²) in [5.74, 6) is 0. The zero-order valence-electron chi connectivity index (χ0n) is 10.0. The summed E-state index contributed by atoms with van der Waals surface area (Å²) in [6, 6.07) is 5.87. The first kappa shape index (κ1) is 13.2. The molecule has 0 fully saturated rings. The number of benzene rings is 1. The number of alkyl carbamates (subject to hydrolysis) is 1. The van der Waals surface area contributed by atoms with Gasteiger partial charge in [-0.05, 0) is 47.9 Å². The van der Waals surface area contributed by atoms with Gasteiger partial charge in [0.05, 0.1) is 6.61 Å². The fourth-order valence-corrected chi connectivity index (χ4v) is 2.88. The second-order valence-corrected chi connectivity index (χ2v) is 5.15. The zero-order valence-corrected chi connectivity index (χ0v) is 11.6. The average Bonchev–Trinajstić information content (AvgIpc) is 2.72. The van der Waals surface area contributed by atoms with Gasteiger partial charge in [-0.25, -0.2) is 4.79 Å². The highest BCUT2D eigenvalue weighted by atomic mass is 35.5.